The fraction of sp³-hybridized carbons (Fsp3) is 0.286. The molecule has 64 valence electrons. The molecule has 0 radical (unpaired) electrons. The normalized spacial score (nSPS) is 9.17. The first kappa shape index (κ1) is 8.45. The lowest BCUT2D eigenvalue weighted by molar-refractivity contribution is 0.0593. The second kappa shape index (κ2) is 3.66. The molecule has 0 aliphatic heterocycles. The second-order valence-electron chi connectivity index (χ2n) is 2.07. The summed E-state index contributed by atoms with van der Waals surface area (Å²) in [7, 11) is 3.04. The fourth-order valence-corrected chi connectivity index (χ4v) is 0.708. The van der Waals surface area contributed by atoms with Crippen molar-refractivity contribution in [3.8, 4) is 0 Å². The van der Waals surface area contributed by atoms with Crippen LogP contribution in [0.25, 0.3) is 0 Å². The first-order valence-corrected chi connectivity index (χ1v) is 3.36. The molecule has 1 heterocycles. The number of hydrogen-bond acceptors (Lipinski definition) is 5. The number of carbonyl (C=O) groups is 1. The van der Waals surface area contributed by atoms with Gasteiger partial charge in [-0.1, -0.05) is 0 Å². The molecule has 0 spiro atoms. The molecule has 0 aromatic carbocycles. The highest BCUT2D eigenvalue weighted by atomic mass is 16.5. The Morgan fingerprint density at radius 3 is 3.00 bits per heavy atom. The van der Waals surface area contributed by atoms with Crippen molar-refractivity contribution in [3.63, 3.8) is 0 Å². The van der Waals surface area contributed by atoms with Gasteiger partial charge in [0.15, 0.2) is 5.69 Å². The highest BCUT2D eigenvalue weighted by Gasteiger charge is 2.07. The maximum atomic E-state index is 10.9. The molecular weight excluding hydrogens is 158 g/mol. The first-order valence-electron chi connectivity index (χ1n) is 3.36. The number of esters is 1. The average Bonchev–Trinajstić information content (AvgIpc) is 2.17. The van der Waals surface area contributed by atoms with Crippen molar-refractivity contribution in [2.75, 3.05) is 19.5 Å². The summed E-state index contributed by atoms with van der Waals surface area (Å²) in [5, 5.41) is 10.0. The van der Waals surface area contributed by atoms with E-state index < -0.39 is 5.97 Å². The summed E-state index contributed by atoms with van der Waals surface area (Å²) in [5.41, 5.74) is 0.926. The van der Waals surface area contributed by atoms with E-state index in [4.69, 9.17) is 0 Å². The van der Waals surface area contributed by atoms with E-state index in [-0.39, 0.29) is 5.69 Å². The number of carbonyl (C=O) groups excluding carboxylic acids is 1. The Morgan fingerprint density at radius 1 is 1.67 bits per heavy atom. The lowest BCUT2D eigenvalue weighted by atomic mass is 10.3. The molecule has 1 rings (SSSR count). The van der Waals surface area contributed by atoms with Gasteiger partial charge in [-0.05, 0) is 6.07 Å². The number of nitrogens with one attached hydrogen (secondary N) is 1. The van der Waals surface area contributed by atoms with Crippen molar-refractivity contribution >= 4 is 11.7 Å². The van der Waals surface area contributed by atoms with Crippen LogP contribution in [0, 0.1) is 0 Å². The Balaban J connectivity index is 2.93. The van der Waals surface area contributed by atoms with Gasteiger partial charge in [0.25, 0.3) is 0 Å². The predicted octanol–water partition coefficient (Wildman–Crippen LogP) is 0.305. The summed E-state index contributed by atoms with van der Waals surface area (Å²) in [6.45, 7) is 0. The van der Waals surface area contributed by atoms with Gasteiger partial charge < -0.3 is 10.1 Å². The summed E-state index contributed by atoms with van der Waals surface area (Å²) in [6.07, 6.45) is 1.52. The number of aromatic nitrogens is 2. The van der Waals surface area contributed by atoms with E-state index in [0.29, 0.717) is 0 Å². The average molecular weight is 167 g/mol. The van der Waals surface area contributed by atoms with E-state index in [1.807, 2.05) is 0 Å². The summed E-state index contributed by atoms with van der Waals surface area (Å²) in [5.74, 6) is -0.486. The maximum Gasteiger partial charge on any atom is 0.358 e. The fourth-order valence-electron chi connectivity index (χ4n) is 0.708. The molecule has 5 nitrogen and oxygen atoms in total. The van der Waals surface area contributed by atoms with Gasteiger partial charge in [-0.3, -0.25) is 0 Å². The smallest absolute Gasteiger partial charge is 0.358 e. The van der Waals surface area contributed by atoms with Crippen LogP contribution in [-0.2, 0) is 4.74 Å². The molecule has 12 heavy (non-hydrogen) atoms. The van der Waals surface area contributed by atoms with Gasteiger partial charge in [0, 0.05) is 7.05 Å². The number of nitrogens with zero attached hydrogens (tertiary/aromatic N) is 2. The minimum absolute atomic E-state index is 0.198. The van der Waals surface area contributed by atoms with Crippen LogP contribution in [0.5, 0.6) is 0 Å². The van der Waals surface area contributed by atoms with E-state index in [9.17, 15) is 4.79 Å². The minimum atomic E-state index is -0.486. The lowest BCUT2D eigenvalue weighted by Gasteiger charge is -1.99. The van der Waals surface area contributed by atoms with Crippen LogP contribution < -0.4 is 5.32 Å². The molecule has 0 aliphatic rings. The van der Waals surface area contributed by atoms with Crippen LogP contribution in [0.3, 0.4) is 0 Å². The zero-order chi connectivity index (χ0) is 8.97. The van der Waals surface area contributed by atoms with Crippen LogP contribution in [0.4, 0.5) is 5.69 Å². The van der Waals surface area contributed by atoms with Gasteiger partial charge >= 0.3 is 5.97 Å². The summed E-state index contributed by atoms with van der Waals surface area (Å²) in [4.78, 5) is 10.9. The van der Waals surface area contributed by atoms with Crippen molar-refractivity contribution in [3.05, 3.63) is 18.0 Å². The molecule has 0 atom stereocenters. The summed E-state index contributed by atoms with van der Waals surface area (Å²) in [6, 6.07) is 1.57. The monoisotopic (exact) mass is 167 g/mol. The van der Waals surface area contributed by atoms with Crippen LogP contribution in [0.2, 0.25) is 0 Å². The SMILES string of the molecule is CNc1cnnc(C(=O)OC)c1. The van der Waals surface area contributed by atoms with E-state index in [1.54, 1.807) is 13.1 Å². The van der Waals surface area contributed by atoms with E-state index in [0.717, 1.165) is 5.69 Å². The van der Waals surface area contributed by atoms with E-state index in [2.05, 4.69) is 20.3 Å². The van der Waals surface area contributed by atoms with Gasteiger partial charge in [-0.15, -0.1) is 5.10 Å². The molecular formula is C7H9N3O2. The molecule has 0 bridgehead atoms. The van der Waals surface area contributed by atoms with Crippen LogP contribution in [0.15, 0.2) is 12.3 Å². The number of rotatable bonds is 2. The molecule has 0 saturated carbocycles. The maximum absolute atomic E-state index is 10.9. The molecule has 0 saturated heterocycles. The third-order valence-electron chi connectivity index (χ3n) is 1.34. The quantitative estimate of drug-likeness (QED) is 0.642. The summed E-state index contributed by atoms with van der Waals surface area (Å²) >= 11 is 0. The Hall–Kier alpha value is -1.65. The molecule has 0 unspecified atom stereocenters. The topological polar surface area (TPSA) is 64.1 Å². The van der Waals surface area contributed by atoms with Gasteiger partial charge in [-0.2, -0.15) is 5.10 Å². The Morgan fingerprint density at radius 2 is 2.42 bits per heavy atom. The zero-order valence-electron chi connectivity index (χ0n) is 6.87. The molecule has 0 aliphatic carbocycles. The van der Waals surface area contributed by atoms with Gasteiger partial charge in [-0.25, -0.2) is 4.79 Å². The van der Waals surface area contributed by atoms with Gasteiger partial charge in [0.2, 0.25) is 0 Å². The minimum Gasteiger partial charge on any atom is -0.464 e. The molecule has 1 aromatic heterocycles. The highest BCUT2D eigenvalue weighted by molar-refractivity contribution is 5.87. The van der Waals surface area contributed by atoms with Crippen molar-refractivity contribution < 1.29 is 9.53 Å². The molecule has 1 aromatic rings. The van der Waals surface area contributed by atoms with Gasteiger partial charge in [0.05, 0.1) is 19.0 Å². The molecule has 1 N–H and O–H groups in total. The van der Waals surface area contributed by atoms with Crippen molar-refractivity contribution in [2.45, 2.75) is 0 Å². The zero-order valence-corrected chi connectivity index (χ0v) is 6.87. The second-order valence-corrected chi connectivity index (χ2v) is 2.07. The number of methoxy groups -OCH3 is 1. The molecule has 5 heteroatoms. The van der Waals surface area contributed by atoms with Crippen LogP contribution in [-0.4, -0.2) is 30.3 Å². The first-order chi connectivity index (χ1) is 5.77. The number of hydrogen-bond donors (Lipinski definition) is 1. The van der Waals surface area contributed by atoms with E-state index >= 15 is 0 Å². The van der Waals surface area contributed by atoms with Gasteiger partial charge in [0.1, 0.15) is 0 Å². The number of ether oxygens (including phenoxy) is 1. The third kappa shape index (κ3) is 1.69. The highest BCUT2D eigenvalue weighted by Crippen LogP contribution is 2.04. The van der Waals surface area contributed by atoms with Crippen molar-refractivity contribution in [2.24, 2.45) is 0 Å². The molecule has 0 amide bonds. The Labute approximate surface area is 69.8 Å². The Bertz CT molecular complexity index is 288. The molecule has 0 fully saturated rings. The predicted molar refractivity (Wildman–Crippen MR) is 42.9 cm³/mol. The summed E-state index contributed by atoms with van der Waals surface area (Å²) < 4.78 is 4.47. The third-order valence-corrected chi connectivity index (χ3v) is 1.34. The Kier molecular flexibility index (Phi) is 2.57. The standard InChI is InChI=1S/C7H9N3O2/c1-8-5-3-6(7(11)12-2)10-9-4-5/h3-4H,1-2H3,(H,8,10). The van der Waals surface area contributed by atoms with Crippen LogP contribution >= 0.6 is 0 Å². The lowest BCUT2D eigenvalue weighted by Crippen LogP contribution is -2.06. The largest absolute Gasteiger partial charge is 0.464 e. The van der Waals surface area contributed by atoms with Crippen LogP contribution in [0.1, 0.15) is 10.5 Å². The van der Waals surface area contributed by atoms with Crippen molar-refractivity contribution in [1.82, 2.24) is 10.2 Å². The van der Waals surface area contributed by atoms with Crippen molar-refractivity contribution in [1.29, 1.82) is 0 Å². The number of anilines is 1. The van der Waals surface area contributed by atoms with E-state index in [1.165, 1.54) is 13.3 Å².